The molecule has 2 rings (SSSR count). The van der Waals surface area contributed by atoms with Gasteiger partial charge in [0, 0.05) is 13.1 Å². The van der Waals surface area contributed by atoms with E-state index in [4.69, 9.17) is 4.74 Å². The highest BCUT2D eigenvalue weighted by atomic mass is 19.4. The van der Waals surface area contributed by atoms with E-state index in [2.05, 4.69) is 12.0 Å². The topological polar surface area (TPSA) is 75.3 Å². The molecule has 0 radical (unpaired) electrons. The maximum absolute atomic E-state index is 13.1. The fourth-order valence-corrected chi connectivity index (χ4v) is 3.52. The standard InChI is InChI=1S/C19H28F3N3O3/c1-3-5-6-11-25(10-4-2)15(26)9-12-28-14-8-7-13-16(19(20,21)22)18(27)24-23-17(13)14/h14H,3-12H2,1-2H3,(H,24,27). The number of hydrogen-bond acceptors (Lipinski definition) is 4. The zero-order valence-corrected chi connectivity index (χ0v) is 16.4. The van der Waals surface area contributed by atoms with Gasteiger partial charge >= 0.3 is 6.18 Å². The van der Waals surface area contributed by atoms with E-state index in [9.17, 15) is 22.8 Å². The van der Waals surface area contributed by atoms with Crippen LogP contribution in [0.2, 0.25) is 0 Å². The number of unbranched alkanes of at least 4 members (excludes halogenated alkanes) is 2. The predicted octanol–water partition coefficient (Wildman–Crippen LogP) is 3.61. The van der Waals surface area contributed by atoms with Gasteiger partial charge in [-0.05, 0) is 31.2 Å². The normalized spacial score (nSPS) is 16.2. The number of rotatable bonds is 10. The van der Waals surface area contributed by atoms with E-state index < -0.39 is 23.4 Å². The monoisotopic (exact) mass is 403 g/mol. The summed E-state index contributed by atoms with van der Waals surface area (Å²) in [5.41, 5.74) is -2.40. The highest BCUT2D eigenvalue weighted by Gasteiger charge is 2.41. The quantitative estimate of drug-likeness (QED) is 0.606. The van der Waals surface area contributed by atoms with Crippen molar-refractivity contribution in [1.29, 1.82) is 0 Å². The van der Waals surface area contributed by atoms with Gasteiger partial charge in [-0.3, -0.25) is 9.59 Å². The van der Waals surface area contributed by atoms with Crippen molar-refractivity contribution in [3.63, 3.8) is 0 Å². The number of ether oxygens (including phenoxy) is 1. The molecule has 0 saturated heterocycles. The molecule has 1 aromatic rings. The molecule has 1 amide bonds. The van der Waals surface area contributed by atoms with Gasteiger partial charge < -0.3 is 9.64 Å². The summed E-state index contributed by atoms with van der Waals surface area (Å²) in [6, 6.07) is 0. The molecule has 1 heterocycles. The number of H-pyrrole nitrogens is 1. The first-order valence-corrected chi connectivity index (χ1v) is 9.87. The molecular weight excluding hydrogens is 375 g/mol. The minimum atomic E-state index is -4.73. The van der Waals surface area contributed by atoms with E-state index >= 15 is 0 Å². The van der Waals surface area contributed by atoms with Crippen LogP contribution in [-0.2, 0) is 22.1 Å². The van der Waals surface area contributed by atoms with Crippen LogP contribution in [0, 0.1) is 0 Å². The number of amides is 1. The number of aromatic amines is 1. The van der Waals surface area contributed by atoms with Gasteiger partial charge in [-0.25, -0.2) is 5.10 Å². The minimum Gasteiger partial charge on any atom is -0.371 e. The summed E-state index contributed by atoms with van der Waals surface area (Å²) in [4.78, 5) is 25.8. The summed E-state index contributed by atoms with van der Waals surface area (Å²) >= 11 is 0. The fourth-order valence-electron chi connectivity index (χ4n) is 3.52. The zero-order valence-electron chi connectivity index (χ0n) is 16.4. The number of halogens is 3. The Morgan fingerprint density at radius 2 is 2.00 bits per heavy atom. The lowest BCUT2D eigenvalue weighted by molar-refractivity contribution is -0.139. The molecule has 1 unspecified atom stereocenters. The molecule has 1 aliphatic carbocycles. The van der Waals surface area contributed by atoms with Crippen LogP contribution in [-0.4, -0.2) is 40.7 Å². The molecule has 0 fully saturated rings. The molecule has 0 bridgehead atoms. The van der Waals surface area contributed by atoms with Crippen molar-refractivity contribution >= 4 is 5.91 Å². The Hall–Kier alpha value is -1.90. The van der Waals surface area contributed by atoms with Crippen molar-refractivity contribution in [2.24, 2.45) is 0 Å². The molecule has 1 N–H and O–H groups in total. The van der Waals surface area contributed by atoms with Crippen LogP contribution < -0.4 is 5.56 Å². The van der Waals surface area contributed by atoms with Crippen LogP contribution in [0.5, 0.6) is 0 Å². The molecule has 28 heavy (non-hydrogen) atoms. The number of nitrogens with zero attached hydrogens (tertiary/aromatic N) is 2. The Bertz CT molecular complexity index is 719. The van der Waals surface area contributed by atoms with Crippen molar-refractivity contribution in [2.75, 3.05) is 19.7 Å². The largest absolute Gasteiger partial charge is 0.422 e. The van der Waals surface area contributed by atoms with Gasteiger partial charge in [-0.2, -0.15) is 18.3 Å². The Morgan fingerprint density at radius 1 is 1.25 bits per heavy atom. The van der Waals surface area contributed by atoms with Crippen molar-refractivity contribution in [1.82, 2.24) is 15.1 Å². The van der Waals surface area contributed by atoms with Gasteiger partial charge in [-0.1, -0.05) is 26.7 Å². The average Bonchev–Trinajstić information content (AvgIpc) is 3.02. The van der Waals surface area contributed by atoms with Gasteiger partial charge in [0.25, 0.3) is 5.56 Å². The Labute approximate surface area is 162 Å². The minimum absolute atomic E-state index is 0.0124. The van der Waals surface area contributed by atoms with Gasteiger partial charge in [0.05, 0.1) is 18.7 Å². The van der Waals surface area contributed by atoms with Crippen LogP contribution in [0.4, 0.5) is 13.2 Å². The number of hydrogen-bond donors (Lipinski definition) is 1. The third-order valence-corrected chi connectivity index (χ3v) is 4.87. The van der Waals surface area contributed by atoms with E-state index in [1.54, 1.807) is 0 Å². The second-order valence-corrected chi connectivity index (χ2v) is 7.03. The van der Waals surface area contributed by atoms with E-state index in [-0.39, 0.29) is 36.6 Å². The predicted molar refractivity (Wildman–Crippen MR) is 97.9 cm³/mol. The molecule has 0 spiro atoms. The summed E-state index contributed by atoms with van der Waals surface area (Å²) in [6.45, 7) is 5.62. The van der Waals surface area contributed by atoms with Gasteiger partial charge in [0.1, 0.15) is 11.7 Å². The second-order valence-electron chi connectivity index (χ2n) is 7.03. The highest BCUT2D eigenvalue weighted by molar-refractivity contribution is 5.76. The molecule has 1 atom stereocenters. The molecular formula is C19H28F3N3O3. The van der Waals surface area contributed by atoms with Crippen LogP contribution in [0.3, 0.4) is 0 Å². The molecule has 6 nitrogen and oxygen atoms in total. The molecule has 9 heteroatoms. The summed E-state index contributed by atoms with van der Waals surface area (Å²) in [5, 5.41) is 5.69. The number of nitrogens with one attached hydrogen (secondary N) is 1. The number of fused-ring (bicyclic) bond motifs is 1. The van der Waals surface area contributed by atoms with E-state index in [1.165, 1.54) is 0 Å². The van der Waals surface area contributed by atoms with Crippen molar-refractivity contribution in [3.8, 4) is 0 Å². The summed E-state index contributed by atoms with van der Waals surface area (Å²) < 4.78 is 45.1. The van der Waals surface area contributed by atoms with Gasteiger partial charge in [0.2, 0.25) is 5.91 Å². The highest BCUT2D eigenvalue weighted by Crippen LogP contribution is 2.38. The summed E-state index contributed by atoms with van der Waals surface area (Å²) in [5.74, 6) is -0.0124. The number of carbonyl (C=O) groups is 1. The molecule has 0 aliphatic heterocycles. The lowest BCUT2D eigenvalue weighted by Gasteiger charge is -2.22. The zero-order chi connectivity index (χ0) is 20.7. The van der Waals surface area contributed by atoms with E-state index in [1.807, 2.05) is 16.9 Å². The first-order chi connectivity index (χ1) is 13.3. The number of aromatic nitrogens is 2. The lowest BCUT2D eigenvalue weighted by Crippen LogP contribution is -2.33. The van der Waals surface area contributed by atoms with Crippen LogP contribution in [0.1, 0.15) is 75.3 Å². The smallest absolute Gasteiger partial charge is 0.371 e. The molecule has 158 valence electrons. The van der Waals surface area contributed by atoms with Crippen LogP contribution in [0.25, 0.3) is 0 Å². The Kier molecular flexibility index (Phi) is 8.03. The lowest BCUT2D eigenvalue weighted by atomic mass is 10.1. The summed E-state index contributed by atoms with van der Waals surface area (Å²) in [7, 11) is 0. The first-order valence-electron chi connectivity index (χ1n) is 9.87. The maximum atomic E-state index is 13.1. The third-order valence-electron chi connectivity index (χ3n) is 4.87. The van der Waals surface area contributed by atoms with E-state index in [0.29, 0.717) is 19.5 Å². The molecule has 1 aliphatic rings. The summed E-state index contributed by atoms with van der Waals surface area (Å²) in [6.07, 6.45) is -0.840. The maximum Gasteiger partial charge on any atom is 0.422 e. The Morgan fingerprint density at radius 3 is 2.64 bits per heavy atom. The second kappa shape index (κ2) is 10.0. The van der Waals surface area contributed by atoms with E-state index in [0.717, 1.165) is 25.7 Å². The van der Waals surface area contributed by atoms with Crippen LogP contribution >= 0.6 is 0 Å². The van der Waals surface area contributed by atoms with Crippen molar-refractivity contribution < 1.29 is 22.7 Å². The number of alkyl halides is 3. The molecule has 0 aromatic carbocycles. The third kappa shape index (κ3) is 5.56. The van der Waals surface area contributed by atoms with Crippen molar-refractivity contribution in [3.05, 3.63) is 27.2 Å². The van der Waals surface area contributed by atoms with Gasteiger partial charge in [0.15, 0.2) is 0 Å². The number of carbonyl (C=O) groups excluding carboxylic acids is 1. The Balaban J connectivity index is 1.95. The van der Waals surface area contributed by atoms with Crippen LogP contribution in [0.15, 0.2) is 4.79 Å². The molecule has 1 aromatic heterocycles. The van der Waals surface area contributed by atoms with Crippen molar-refractivity contribution in [2.45, 2.75) is 71.1 Å². The first kappa shape index (κ1) is 22.4. The average molecular weight is 403 g/mol. The fraction of sp³-hybridized carbons (Fsp3) is 0.737. The SMILES string of the molecule is CCCCCN(CCC)C(=O)CCOC1CCc2c1n[nH]c(=O)c2C(F)(F)F. The molecule has 0 saturated carbocycles. The van der Waals surface area contributed by atoms with Gasteiger partial charge in [-0.15, -0.1) is 0 Å².